The Morgan fingerprint density at radius 3 is 2.64 bits per heavy atom. The lowest BCUT2D eigenvalue weighted by molar-refractivity contribution is -0.384. The fourth-order valence-electron chi connectivity index (χ4n) is 4.40. The van der Waals surface area contributed by atoms with Crippen LogP contribution in [-0.2, 0) is 9.53 Å². The molecule has 39 heavy (non-hydrogen) atoms. The average molecular weight is 548 g/mol. The Balaban J connectivity index is 1.69. The maximum Gasteiger partial charge on any atom is 0.338 e. The third kappa shape index (κ3) is 4.84. The van der Waals surface area contributed by atoms with E-state index in [0.717, 1.165) is 16.9 Å². The van der Waals surface area contributed by atoms with E-state index in [-0.39, 0.29) is 23.6 Å². The van der Waals surface area contributed by atoms with Crippen LogP contribution < -0.4 is 14.9 Å². The molecule has 0 spiro atoms. The van der Waals surface area contributed by atoms with Crippen LogP contribution in [0.3, 0.4) is 0 Å². The number of hydrogen-bond acceptors (Lipinski definition) is 8. The predicted molar refractivity (Wildman–Crippen MR) is 142 cm³/mol. The quantitative estimate of drug-likeness (QED) is 0.201. The number of rotatable bonds is 6. The monoisotopic (exact) mass is 547 g/mol. The van der Waals surface area contributed by atoms with Crippen LogP contribution in [0.15, 0.2) is 80.1 Å². The number of hydrogen-bond donors (Lipinski definition) is 0. The molecule has 0 N–H and O–H groups in total. The maximum absolute atomic E-state index is 13.7. The Morgan fingerprint density at radius 1 is 1.21 bits per heavy atom. The van der Waals surface area contributed by atoms with Gasteiger partial charge in [-0.2, -0.15) is 0 Å². The molecule has 198 valence electrons. The Bertz CT molecular complexity index is 1830. The molecule has 0 aliphatic carbocycles. The number of thiazole rings is 1. The highest BCUT2D eigenvalue weighted by molar-refractivity contribution is 7.07. The molecule has 9 nitrogen and oxygen atoms in total. The van der Waals surface area contributed by atoms with Crippen LogP contribution in [0, 0.1) is 22.9 Å². The van der Waals surface area contributed by atoms with E-state index < -0.39 is 28.3 Å². The number of carbonyl (C=O) groups excluding carboxylic acids is 1. The van der Waals surface area contributed by atoms with Crippen LogP contribution >= 0.6 is 11.3 Å². The highest BCUT2D eigenvalue weighted by atomic mass is 32.1. The number of esters is 1. The molecule has 2 aromatic carbocycles. The molecule has 1 aliphatic heterocycles. The second-order valence-electron chi connectivity index (χ2n) is 8.81. The average Bonchev–Trinajstić information content (AvgIpc) is 3.50. The van der Waals surface area contributed by atoms with Crippen molar-refractivity contribution < 1.29 is 23.3 Å². The van der Waals surface area contributed by atoms with Gasteiger partial charge in [0, 0.05) is 17.7 Å². The van der Waals surface area contributed by atoms with Crippen LogP contribution in [-0.4, -0.2) is 22.1 Å². The maximum atomic E-state index is 13.7. The number of carbonyl (C=O) groups is 1. The third-order valence-corrected chi connectivity index (χ3v) is 7.26. The zero-order valence-corrected chi connectivity index (χ0v) is 22.0. The van der Waals surface area contributed by atoms with Crippen LogP contribution in [0.1, 0.15) is 36.8 Å². The van der Waals surface area contributed by atoms with Crippen molar-refractivity contribution in [2.75, 3.05) is 6.61 Å². The van der Waals surface area contributed by atoms with Crippen molar-refractivity contribution in [3.05, 3.63) is 118 Å². The van der Waals surface area contributed by atoms with E-state index in [1.54, 1.807) is 57.2 Å². The molecule has 1 aliphatic rings. The summed E-state index contributed by atoms with van der Waals surface area (Å²) < 4.78 is 26.6. The van der Waals surface area contributed by atoms with Crippen molar-refractivity contribution in [1.29, 1.82) is 0 Å². The number of nitro benzene ring substituents is 1. The number of benzene rings is 2. The Labute approximate surface area is 225 Å². The Hall–Kier alpha value is -4.64. The molecule has 4 aromatic rings. The lowest BCUT2D eigenvalue weighted by atomic mass is 10.0. The highest BCUT2D eigenvalue weighted by Gasteiger charge is 2.35. The van der Waals surface area contributed by atoms with Crippen LogP contribution in [0.4, 0.5) is 10.1 Å². The number of furan rings is 1. The normalized spacial score (nSPS) is 15.2. The minimum atomic E-state index is -0.983. The van der Waals surface area contributed by atoms with Crippen molar-refractivity contribution in [2.45, 2.75) is 26.8 Å². The molecule has 0 unspecified atom stereocenters. The number of allylic oxidation sites excluding steroid dienone is 1. The molecule has 11 heteroatoms. The van der Waals surface area contributed by atoms with Crippen LogP contribution in [0.25, 0.3) is 17.4 Å². The third-order valence-electron chi connectivity index (χ3n) is 6.28. The Morgan fingerprint density at radius 2 is 1.95 bits per heavy atom. The van der Waals surface area contributed by atoms with Gasteiger partial charge in [0.2, 0.25) is 0 Å². The molecule has 2 aromatic heterocycles. The second kappa shape index (κ2) is 10.3. The number of halogens is 1. The van der Waals surface area contributed by atoms with E-state index in [1.165, 1.54) is 28.8 Å². The molecular weight excluding hydrogens is 525 g/mol. The molecule has 0 fully saturated rings. The first-order valence-electron chi connectivity index (χ1n) is 12.0. The SMILES string of the molecule is CCOC(=O)C1=C(C)N=c2s/c(=C\c3ccc(F)cc3)c(=O)n2[C@@H]1c1ccc(-c2cc([N+](=O)[O-])ccc2C)o1. The second-order valence-corrected chi connectivity index (χ2v) is 9.82. The summed E-state index contributed by atoms with van der Waals surface area (Å²) in [5, 5.41) is 11.3. The van der Waals surface area contributed by atoms with Gasteiger partial charge in [-0.25, -0.2) is 14.2 Å². The van der Waals surface area contributed by atoms with E-state index in [9.17, 15) is 24.1 Å². The van der Waals surface area contributed by atoms with Gasteiger partial charge in [-0.1, -0.05) is 29.5 Å². The molecule has 1 atom stereocenters. The molecule has 0 amide bonds. The standard InChI is InChI=1S/C28H22FN3O6S/c1-4-37-27(34)24-16(3)30-28-31(26(33)23(39-28)13-17-6-8-18(29)9-7-17)25(24)22-12-11-21(38-22)20-14-19(32(35)36)10-5-15(20)2/h5-14,25H,4H2,1-3H3/b23-13-/t25-/m1/s1. The van der Waals surface area contributed by atoms with Gasteiger partial charge >= 0.3 is 5.97 Å². The van der Waals surface area contributed by atoms with Crippen LogP contribution in [0.5, 0.6) is 0 Å². The first-order chi connectivity index (χ1) is 18.7. The fourth-order valence-corrected chi connectivity index (χ4v) is 5.45. The summed E-state index contributed by atoms with van der Waals surface area (Å²) in [5.41, 5.74) is 1.91. The summed E-state index contributed by atoms with van der Waals surface area (Å²) in [5.74, 6) is -0.419. The van der Waals surface area contributed by atoms with Gasteiger partial charge in [-0.15, -0.1) is 0 Å². The van der Waals surface area contributed by atoms with Crippen molar-refractivity contribution >= 4 is 29.1 Å². The van der Waals surface area contributed by atoms with Gasteiger partial charge in [0.1, 0.15) is 23.4 Å². The van der Waals surface area contributed by atoms with E-state index in [1.807, 2.05) is 0 Å². The number of fused-ring (bicyclic) bond motifs is 1. The minimum absolute atomic E-state index is 0.0923. The largest absolute Gasteiger partial charge is 0.463 e. The number of nitro groups is 1. The van der Waals surface area contributed by atoms with Gasteiger partial charge < -0.3 is 9.15 Å². The minimum Gasteiger partial charge on any atom is -0.463 e. The smallest absolute Gasteiger partial charge is 0.338 e. The predicted octanol–water partition coefficient (Wildman–Crippen LogP) is 4.41. The van der Waals surface area contributed by atoms with Gasteiger partial charge in [-0.3, -0.25) is 19.5 Å². The molecule has 3 heterocycles. The molecule has 0 saturated carbocycles. The van der Waals surface area contributed by atoms with Crippen molar-refractivity contribution in [2.24, 2.45) is 4.99 Å². The van der Waals surface area contributed by atoms with E-state index in [2.05, 4.69) is 4.99 Å². The topological polar surface area (TPSA) is 117 Å². The lowest BCUT2D eigenvalue weighted by Gasteiger charge is -2.22. The van der Waals surface area contributed by atoms with Gasteiger partial charge in [0.15, 0.2) is 4.80 Å². The zero-order valence-electron chi connectivity index (χ0n) is 21.1. The van der Waals surface area contributed by atoms with E-state index in [4.69, 9.17) is 9.15 Å². The van der Waals surface area contributed by atoms with Gasteiger partial charge in [-0.05, 0) is 62.2 Å². The molecule has 0 saturated heterocycles. The first-order valence-corrected chi connectivity index (χ1v) is 12.8. The fraction of sp³-hybridized carbons (Fsp3) is 0.179. The van der Waals surface area contributed by atoms with Crippen molar-refractivity contribution in [3.63, 3.8) is 0 Å². The number of non-ortho nitro benzene ring substituents is 1. The number of aromatic nitrogens is 1. The first kappa shape index (κ1) is 26.0. The molecule has 0 bridgehead atoms. The van der Waals surface area contributed by atoms with E-state index >= 15 is 0 Å². The van der Waals surface area contributed by atoms with Crippen molar-refractivity contribution in [1.82, 2.24) is 4.57 Å². The summed E-state index contributed by atoms with van der Waals surface area (Å²) in [7, 11) is 0. The number of aryl methyl sites for hydroxylation is 1. The Kier molecular flexibility index (Phi) is 6.83. The number of nitrogens with zero attached hydrogens (tertiary/aromatic N) is 3. The molecular formula is C28H22FN3O6S. The molecule has 0 radical (unpaired) electrons. The van der Waals surface area contributed by atoms with Crippen LogP contribution in [0.2, 0.25) is 0 Å². The zero-order chi connectivity index (χ0) is 27.8. The van der Waals surface area contributed by atoms with Gasteiger partial charge in [0.25, 0.3) is 11.2 Å². The van der Waals surface area contributed by atoms with E-state index in [0.29, 0.717) is 31.9 Å². The summed E-state index contributed by atoms with van der Waals surface area (Å²) in [4.78, 5) is 42.5. The summed E-state index contributed by atoms with van der Waals surface area (Å²) in [6.07, 6.45) is 1.63. The summed E-state index contributed by atoms with van der Waals surface area (Å²) >= 11 is 1.13. The summed E-state index contributed by atoms with van der Waals surface area (Å²) in [6, 6.07) is 12.5. The van der Waals surface area contributed by atoms with Gasteiger partial charge in [0.05, 0.1) is 27.3 Å². The number of ether oxygens (including phenoxy) is 1. The summed E-state index contributed by atoms with van der Waals surface area (Å²) in [6.45, 7) is 5.25. The lowest BCUT2D eigenvalue weighted by Crippen LogP contribution is -2.39. The molecule has 5 rings (SSSR count). The highest BCUT2D eigenvalue weighted by Crippen LogP contribution is 2.36. The van der Waals surface area contributed by atoms with Crippen molar-refractivity contribution in [3.8, 4) is 11.3 Å².